The molecule has 11 heteroatoms. The molecule has 2 aliphatic rings. The van der Waals surface area contributed by atoms with Crippen molar-refractivity contribution in [2.75, 3.05) is 20.8 Å². The summed E-state index contributed by atoms with van der Waals surface area (Å²) in [6.45, 7) is -0.909. The molecular weight excluding hydrogens is 428 g/mol. The zero-order valence-electron chi connectivity index (χ0n) is 16.4. The van der Waals surface area contributed by atoms with Crippen molar-refractivity contribution < 1.29 is 37.2 Å². The normalized spacial score (nSPS) is 30.0. The van der Waals surface area contributed by atoms with E-state index in [0.717, 1.165) is 17.3 Å². The van der Waals surface area contributed by atoms with Gasteiger partial charge in [-0.3, -0.25) is 9.38 Å². The third-order valence-corrected chi connectivity index (χ3v) is 6.23. The molecule has 6 nitrogen and oxygen atoms in total. The Hall–Kier alpha value is -1.40. The van der Waals surface area contributed by atoms with Crippen molar-refractivity contribution in [1.29, 1.82) is 0 Å². The number of hydrogen-bond acceptors (Lipinski definition) is 7. The van der Waals surface area contributed by atoms with Crippen LogP contribution in [0.5, 0.6) is 0 Å². The largest absolute Gasteiger partial charge is 0.417 e. The number of thioether (sulfide) groups is 1. The van der Waals surface area contributed by atoms with E-state index in [1.54, 1.807) is 43.3 Å². The van der Waals surface area contributed by atoms with Gasteiger partial charge in [-0.1, -0.05) is 36.0 Å². The number of hydrogen-bond donors (Lipinski definition) is 2. The van der Waals surface area contributed by atoms with E-state index >= 15 is 0 Å². The van der Waals surface area contributed by atoms with Crippen LogP contribution in [0.4, 0.5) is 17.6 Å². The lowest BCUT2D eigenvalue weighted by molar-refractivity contribution is -0.286. The first-order valence-electron chi connectivity index (χ1n) is 9.37. The lowest BCUT2D eigenvalue weighted by Gasteiger charge is -2.41. The highest BCUT2D eigenvalue weighted by atomic mass is 32.2. The number of benzene rings is 1. The second-order valence-electron chi connectivity index (χ2n) is 7.39. The zero-order chi connectivity index (χ0) is 22.1. The van der Waals surface area contributed by atoms with Crippen LogP contribution in [0.1, 0.15) is 11.1 Å². The highest BCUT2D eigenvalue weighted by Crippen LogP contribution is 2.41. The van der Waals surface area contributed by atoms with Crippen molar-refractivity contribution >= 4 is 16.9 Å². The van der Waals surface area contributed by atoms with Crippen LogP contribution < -0.4 is 0 Å². The number of amidine groups is 1. The van der Waals surface area contributed by atoms with Crippen molar-refractivity contribution in [1.82, 2.24) is 4.90 Å². The van der Waals surface area contributed by atoms with Gasteiger partial charge in [-0.05, 0) is 11.1 Å². The Labute approximate surface area is 175 Å². The van der Waals surface area contributed by atoms with E-state index in [4.69, 9.17) is 9.47 Å². The van der Waals surface area contributed by atoms with E-state index in [1.165, 1.54) is 0 Å². The fourth-order valence-electron chi connectivity index (χ4n) is 3.31. The molecule has 1 aromatic carbocycles. The van der Waals surface area contributed by atoms with E-state index in [2.05, 4.69) is 4.99 Å². The summed E-state index contributed by atoms with van der Waals surface area (Å²) in [5, 5.41) is 21.2. The van der Waals surface area contributed by atoms with Gasteiger partial charge < -0.3 is 24.6 Å². The number of alkyl halides is 4. The molecule has 0 aromatic heterocycles. The first-order valence-corrected chi connectivity index (χ1v) is 10.2. The first-order chi connectivity index (χ1) is 14.1. The van der Waals surface area contributed by atoms with Gasteiger partial charge in [0.2, 0.25) is 0 Å². The summed E-state index contributed by atoms with van der Waals surface area (Å²) < 4.78 is 64.2. The molecule has 1 saturated heterocycles. The number of ether oxygens (including phenoxy) is 2. The van der Waals surface area contributed by atoms with Gasteiger partial charge in [0.15, 0.2) is 11.3 Å². The molecule has 2 aliphatic heterocycles. The summed E-state index contributed by atoms with van der Waals surface area (Å²) in [5.41, 5.74) is 0.326. The molecular formula is C19H24F4N2O4S. The summed E-state index contributed by atoms with van der Waals surface area (Å²) in [6, 6.07) is 5.50. The summed E-state index contributed by atoms with van der Waals surface area (Å²) >= 11 is 1.09. The minimum Gasteiger partial charge on any atom is -0.388 e. The number of aryl methyl sites for hydroxylation is 1. The van der Waals surface area contributed by atoms with Crippen molar-refractivity contribution in [3.63, 3.8) is 0 Å². The maximum absolute atomic E-state index is 13.7. The quantitative estimate of drug-likeness (QED) is 0.645. The van der Waals surface area contributed by atoms with E-state index < -0.39 is 48.7 Å². The first kappa shape index (κ1) is 23.3. The Bertz CT molecular complexity index is 747. The SMILES string of the molecule is CN(C)C1=N[C@@H]2[C@@H](O)[C@H](O)[C@@H]([C@@H](OCc3ccc(CCF)cc3)C(F)(F)F)O[C@@H]2S1. The van der Waals surface area contributed by atoms with Gasteiger partial charge in [0.25, 0.3) is 0 Å². The molecule has 0 bridgehead atoms. The van der Waals surface area contributed by atoms with Gasteiger partial charge in [0.1, 0.15) is 29.8 Å². The minimum atomic E-state index is -4.83. The molecule has 6 atom stereocenters. The average Bonchev–Trinajstić information content (AvgIpc) is 3.11. The van der Waals surface area contributed by atoms with Crippen LogP contribution in [0.25, 0.3) is 0 Å². The Kier molecular flexibility index (Phi) is 7.28. The molecule has 2 N–H and O–H groups in total. The van der Waals surface area contributed by atoms with Gasteiger partial charge in [0, 0.05) is 20.5 Å². The van der Waals surface area contributed by atoms with Crippen molar-refractivity contribution in [3.8, 4) is 0 Å². The Morgan fingerprint density at radius 2 is 1.80 bits per heavy atom. The summed E-state index contributed by atoms with van der Waals surface area (Å²) in [6.07, 6.45) is -12.2. The lowest BCUT2D eigenvalue weighted by Crippen LogP contribution is -2.61. The molecule has 0 amide bonds. The summed E-state index contributed by atoms with van der Waals surface area (Å²) in [4.78, 5) is 5.89. The number of rotatable bonds is 6. The Morgan fingerprint density at radius 3 is 2.37 bits per heavy atom. The molecule has 2 heterocycles. The molecule has 1 aromatic rings. The number of halogens is 4. The molecule has 0 aliphatic carbocycles. The van der Waals surface area contributed by atoms with Gasteiger partial charge in [-0.15, -0.1) is 0 Å². The second kappa shape index (κ2) is 9.39. The second-order valence-corrected chi connectivity index (χ2v) is 8.46. The number of nitrogens with zero attached hydrogens (tertiary/aromatic N) is 2. The Morgan fingerprint density at radius 1 is 1.17 bits per heavy atom. The van der Waals surface area contributed by atoms with Crippen LogP contribution in [0.2, 0.25) is 0 Å². The Balaban J connectivity index is 1.72. The van der Waals surface area contributed by atoms with Gasteiger partial charge >= 0.3 is 6.18 Å². The van der Waals surface area contributed by atoms with Gasteiger partial charge in [0.05, 0.1) is 13.3 Å². The summed E-state index contributed by atoms with van der Waals surface area (Å²) in [7, 11) is 3.42. The predicted octanol–water partition coefficient (Wildman–Crippen LogP) is 2.13. The molecule has 30 heavy (non-hydrogen) atoms. The minimum absolute atomic E-state index is 0.226. The molecule has 1 fully saturated rings. The van der Waals surface area contributed by atoms with Crippen LogP contribution in [0.3, 0.4) is 0 Å². The predicted molar refractivity (Wildman–Crippen MR) is 104 cm³/mol. The maximum atomic E-state index is 13.7. The van der Waals surface area contributed by atoms with Crippen LogP contribution >= 0.6 is 11.8 Å². The molecule has 0 unspecified atom stereocenters. The highest BCUT2D eigenvalue weighted by Gasteiger charge is 2.57. The van der Waals surface area contributed by atoms with Gasteiger partial charge in [-0.2, -0.15) is 13.2 Å². The standard InChI is InChI=1S/C19H24F4N2O4S/c1-25(2)18-24-12-13(26)14(27)15(29-17(12)30-18)16(19(21,22)23)28-9-11-5-3-10(4-6-11)7-8-20/h3-6,12-17,26-27H,7-9H2,1-2H3/t12-,13-,14+,15+,16-,17-/m1/s1. The molecule has 3 rings (SSSR count). The third-order valence-electron chi connectivity index (χ3n) is 4.93. The highest BCUT2D eigenvalue weighted by molar-refractivity contribution is 8.14. The van der Waals surface area contributed by atoms with Crippen molar-refractivity contribution in [2.24, 2.45) is 4.99 Å². The molecule has 0 spiro atoms. The third kappa shape index (κ3) is 5.08. The zero-order valence-corrected chi connectivity index (χ0v) is 17.2. The fraction of sp³-hybridized carbons (Fsp3) is 0.632. The van der Waals surface area contributed by atoms with E-state index in [-0.39, 0.29) is 13.0 Å². The van der Waals surface area contributed by atoms with Crippen molar-refractivity contribution in [2.45, 2.75) is 55.1 Å². The summed E-state index contributed by atoms with van der Waals surface area (Å²) in [5.74, 6) is 0. The molecule has 0 radical (unpaired) electrons. The van der Waals surface area contributed by atoms with Crippen LogP contribution in [-0.4, -0.2) is 83.1 Å². The average molecular weight is 452 g/mol. The van der Waals surface area contributed by atoms with Gasteiger partial charge in [-0.25, -0.2) is 0 Å². The number of fused-ring (bicyclic) bond motifs is 1. The number of aliphatic hydroxyl groups excluding tert-OH is 2. The lowest BCUT2D eigenvalue weighted by atomic mass is 9.94. The van der Waals surface area contributed by atoms with Crippen molar-refractivity contribution in [3.05, 3.63) is 35.4 Å². The fourth-order valence-corrected chi connectivity index (χ4v) is 4.46. The van der Waals surface area contributed by atoms with Crippen LogP contribution in [0, 0.1) is 0 Å². The van der Waals surface area contributed by atoms with Crippen LogP contribution in [-0.2, 0) is 22.5 Å². The van der Waals surface area contributed by atoms with E-state index in [1.807, 2.05) is 0 Å². The van der Waals surface area contributed by atoms with E-state index in [0.29, 0.717) is 10.7 Å². The molecule has 168 valence electrons. The topological polar surface area (TPSA) is 74.5 Å². The molecule has 0 saturated carbocycles. The number of aliphatic hydroxyl groups is 2. The van der Waals surface area contributed by atoms with Crippen LogP contribution in [0.15, 0.2) is 29.3 Å². The maximum Gasteiger partial charge on any atom is 0.417 e. The van der Waals surface area contributed by atoms with E-state index in [9.17, 15) is 27.8 Å². The number of aliphatic imine (C=N–C) groups is 1. The monoisotopic (exact) mass is 452 g/mol. The smallest absolute Gasteiger partial charge is 0.388 e.